The number of nitrogens with one attached hydrogen (secondary N) is 1. The van der Waals surface area contributed by atoms with Gasteiger partial charge in [0.2, 0.25) is 5.60 Å². The second-order valence-electron chi connectivity index (χ2n) is 8.15. The van der Waals surface area contributed by atoms with Crippen LogP contribution in [-0.4, -0.2) is 35.9 Å². The number of oxime groups is 1. The van der Waals surface area contributed by atoms with E-state index >= 15 is 0 Å². The van der Waals surface area contributed by atoms with Crippen LogP contribution in [0.3, 0.4) is 0 Å². The fraction of sp³-hybridized carbons (Fsp3) is 0.476. The second-order valence-corrected chi connectivity index (χ2v) is 9.09. The Hall–Kier alpha value is -2.41. The molecule has 0 bridgehead atoms. The lowest BCUT2D eigenvalue weighted by Crippen LogP contribution is -2.45. The van der Waals surface area contributed by atoms with Crippen molar-refractivity contribution in [3.63, 3.8) is 0 Å². The van der Waals surface area contributed by atoms with Crippen LogP contribution in [-0.2, 0) is 21.5 Å². The smallest absolute Gasteiger partial charge is 0.267 e. The number of carbonyl (C=O) groups excluding carboxylic acids is 1. The molecule has 0 fully saturated rings. The molecule has 0 saturated heterocycles. The number of methoxy groups -OCH3 is 1. The number of nitrogens with zero attached hydrogens (tertiary/aromatic N) is 2. The lowest BCUT2D eigenvalue weighted by molar-refractivity contribution is -0.141. The molecule has 150 valence electrons. The van der Waals surface area contributed by atoms with Gasteiger partial charge in [0.05, 0.1) is 23.5 Å². The first-order valence-corrected chi connectivity index (χ1v) is 10.2. The van der Waals surface area contributed by atoms with E-state index in [1.54, 1.807) is 25.4 Å². The maximum Gasteiger partial charge on any atom is 0.267 e. The van der Waals surface area contributed by atoms with E-state index in [0.29, 0.717) is 19.4 Å². The minimum absolute atomic E-state index is 0.0400. The Morgan fingerprint density at radius 1 is 1.32 bits per heavy atom. The molecule has 2 heterocycles. The first-order chi connectivity index (χ1) is 13.2. The van der Waals surface area contributed by atoms with E-state index in [9.17, 15) is 4.79 Å². The first-order valence-electron chi connectivity index (χ1n) is 9.34. The number of rotatable bonds is 6. The second kappa shape index (κ2) is 7.91. The minimum atomic E-state index is -0.991. The Kier molecular flexibility index (Phi) is 5.74. The van der Waals surface area contributed by atoms with Crippen molar-refractivity contribution in [1.29, 1.82) is 0 Å². The van der Waals surface area contributed by atoms with E-state index in [1.165, 1.54) is 0 Å². The molecule has 1 aliphatic heterocycles. The monoisotopic (exact) mass is 401 g/mol. The van der Waals surface area contributed by atoms with Crippen molar-refractivity contribution >= 4 is 23.0 Å². The van der Waals surface area contributed by atoms with Crippen LogP contribution in [0.15, 0.2) is 34.8 Å². The van der Waals surface area contributed by atoms with Gasteiger partial charge in [0, 0.05) is 30.2 Å². The molecular weight excluding hydrogens is 374 g/mol. The summed E-state index contributed by atoms with van der Waals surface area (Å²) in [5, 5.41) is 10.2. The molecule has 0 radical (unpaired) electrons. The van der Waals surface area contributed by atoms with Crippen molar-refractivity contribution in [3.8, 4) is 5.75 Å². The zero-order valence-corrected chi connectivity index (χ0v) is 17.9. The lowest BCUT2D eigenvalue weighted by atomic mass is 9.93. The topological polar surface area (TPSA) is 72.8 Å². The Morgan fingerprint density at radius 2 is 2.04 bits per heavy atom. The molecule has 6 nitrogen and oxygen atoms in total. The average Bonchev–Trinajstić information content (AvgIpc) is 3.29. The third-order valence-electron chi connectivity index (χ3n) is 4.71. The molecule has 1 aromatic heterocycles. The molecule has 1 N–H and O–H groups in total. The van der Waals surface area contributed by atoms with Crippen molar-refractivity contribution in [1.82, 2.24) is 10.3 Å². The summed E-state index contributed by atoms with van der Waals surface area (Å²) in [6, 6.07) is 7.57. The maximum atomic E-state index is 12.7. The number of carbonyl (C=O) groups is 1. The number of amides is 1. The van der Waals surface area contributed by atoms with Gasteiger partial charge < -0.3 is 14.9 Å². The van der Waals surface area contributed by atoms with Crippen LogP contribution >= 0.6 is 11.3 Å². The number of hydrogen-bond acceptors (Lipinski definition) is 6. The summed E-state index contributed by atoms with van der Waals surface area (Å²) in [6.07, 6.45) is 1.13. The Labute approximate surface area is 170 Å². The maximum absolute atomic E-state index is 12.7. The van der Waals surface area contributed by atoms with E-state index in [2.05, 4.69) is 41.6 Å². The predicted molar refractivity (Wildman–Crippen MR) is 111 cm³/mol. The highest BCUT2D eigenvalue weighted by Gasteiger charge is 2.42. The van der Waals surface area contributed by atoms with Crippen LogP contribution in [0.4, 0.5) is 0 Å². The third-order valence-corrected chi connectivity index (χ3v) is 5.62. The molecule has 3 rings (SSSR count). The Balaban J connectivity index is 1.52. The number of benzene rings is 1. The molecule has 0 spiro atoms. The zero-order valence-electron chi connectivity index (χ0n) is 17.0. The van der Waals surface area contributed by atoms with Crippen LogP contribution in [0.1, 0.15) is 50.4 Å². The van der Waals surface area contributed by atoms with Gasteiger partial charge in [-0.25, -0.2) is 4.98 Å². The number of ether oxygens (including phenoxy) is 1. The largest absolute Gasteiger partial charge is 0.497 e. The highest BCUT2D eigenvalue weighted by molar-refractivity contribution is 7.09. The van der Waals surface area contributed by atoms with Gasteiger partial charge in [-0.2, -0.15) is 0 Å². The van der Waals surface area contributed by atoms with Gasteiger partial charge >= 0.3 is 0 Å². The van der Waals surface area contributed by atoms with Crippen molar-refractivity contribution in [2.45, 2.75) is 51.6 Å². The van der Waals surface area contributed by atoms with Gasteiger partial charge in [-0.3, -0.25) is 4.79 Å². The van der Waals surface area contributed by atoms with Crippen molar-refractivity contribution in [2.24, 2.45) is 5.16 Å². The standard InChI is InChI=1S/C21H27N3O3S/c1-20(2,3)17-13-28-18(23-17)10-11-22-19(25)21(4)12-16(24-27-21)14-6-8-15(26-5)9-7-14/h6-9,13H,10-12H2,1-5H3,(H,22,25). The summed E-state index contributed by atoms with van der Waals surface area (Å²) in [4.78, 5) is 22.8. The van der Waals surface area contributed by atoms with E-state index in [0.717, 1.165) is 27.7 Å². The fourth-order valence-corrected chi connectivity index (χ4v) is 3.86. The molecule has 1 aliphatic rings. The highest BCUT2D eigenvalue weighted by atomic mass is 32.1. The van der Waals surface area contributed by atoms with Crippen LogP contribution in [0.2, 0.25) is 0 Å². The van der Waals surface area contributed by atoms with Crippen molar-refractivity contribution in [3.05, 3.63) is 45.9 Å². The first kappa shape index (κ1) is 20.3. The number of hydrogen-bond donors (Lipinski definition) is 1. The molecule has 1 atom stereocenters. The summed E-state index contributed by atoms with van der Waals surface area (Å²) in [7, 11) is 1.63. The van der Waals surface area contributed by atoms with E-state index in [4.69, 9.17) is 9.57 Å². The average molecular weight is 402 g/mol. The van der Waals surface area contributed by atoms with Gasteiger partial charge in [-0.15, -0.1) is 11.3 Å². The zero-order chi connectivity index (χ0) is 20.4. The van der Waals surface area contributed by atoms with Crippen molar-refractivity contribution in [2.75, 3.05) is 13.7 Å². The van der Waals surface area contributed by atoms with Gasteiger partial charge in [-0.05, 0) is 36.8 Å². The molecule has 2 aromatic rings. The van der Waals surface area contributed by atoms with E-state index in [1.807, 2.05) is 24.3 Å². The fourth-order valence-electron chi connectivity index (χ4n) is 2.84. The van der Waals surface area contributed by atoms with Gasteiger partial charge in [-0.1, -0.05) is 25.9 Å². The Bertz CT molecular complexity index is 868. The van der Waals surface area contributed by atoms with Gasteiger partial charge in [0.1, 0.15) is 5.75 Å². The summed E-state index contributed by atoms with van der Waals surface area (Å²) in [5.74, 6) is 0.618. The highest BCUT2D eigenvalue weighted by Crippen LogP contribution is 2.28. The quantitative estimate of drug-likeness (QED) is 0.801. The molecule has 0 aliphatic carbocycles. The molecule has 28 heavy (non-hydrogen) atoms. The SMILES string of the molecule is COc1ccc(C2=NOC(C)(C(=O)NCCc3nc(C(C)(C)C)cs3)C2)cc1. The van der Waals surface area contributed by atoms with Crippen LogP contribution in [0.25, 0.3) is 0 Å². The van der Waals surface area contributed by atoms with Crippen LogP contribution in [0.5, 0.6) is 5.75 Å². The third kappa shape index (κ3) is 4.52. The molecule has 7 heteroatoms. The number of aromatic nitrogens is 1. The molecular formula is C21H27N3O3S. The minimum Gasteiger partial charge on any atom is -0.497 e. The molecule has 1 amide bonds. The number of thiazole rings is 1. The normalized spacial score (nSPS) is 19.1. The molecule has 1 aromatic carbocycles. The van der Waals surface area contributed by atoms with Gasteiger partial charge in [0.25, 0.3) is 5.91 Å². The van der Waals surface area contributed by atoms with Crippen molar-refractivity contribution < 1.29 is 14.4 Å². The summed E-state index contributed by atoms with van der Waals surface area (Å²) >= 11 is 1.63. The Morgan fingerprint density at radius 3 is 2.64 bits per heavy atom. The molecule has 0 saturated carbocycles. The van der Waals surface area contributed by atoms with Crippen LogP contribution < -0.4 is 10.1 Å². The predicted octanol–water partition coefficient (Wildman–Crippen LogP) is 3.69. The van der Waals surface area contributed by atoms with E-state index < -0.39 is 5.60 Å². The van der Waals surface area contributed by atoms with E-state index in [-0.39, 0.29) is 11.3 Å². The van der Waals surface area contributed by atoms with Gasteiger partial charge in [0.15, 0.2) is 0 Å². The van der Waals surface area contributed by atoms with Crippen LogP contribution in [0, 0.1) is 0 Å². The summed E-state index contributed by atoms with van der Waals surface area (Å²) in [6.45, 7) is 8.72. The lowest BCUT2D eigenvalue weighted by Gasteiger charge is -2.20. The summed E-state index contributed by atoms with van der Waals surface area (Å²) in [5.41, 5.74) is 1.82. The summed E-state index contributed by atoms with van der Waals surface area (Å²) < 4.78 is 5.17. The molecule has 1 unspecified atom stereocenters.